The third kappa shape index (κ3) is 7.58. The van der Waals surface area contributed by atoms with Crippen LogP contribution in [-0.4, -0.2) is 38.3 Å². The van der Waals surface area contributed by atoms with E-state index < -0.39 is 11.9 Å². The van der Waals surface area contributed by atoms with Crippen LogP contribution in [0.25, 0.3) is 0 Å². The molecule has 0 aliphatic carbocycles. The molecule has 2 N–H and O–H groups in total. The Morgan fingerprint density at radius 1 is 0.971 bits per heavy atom. The number of halogens is 1. The van der Waals surface area contributed by atoms with Crippen molar-refractivity contribution >= 4 is 34.0 Å². The average Bonchev–Trinajstić information content (AvgIpc) is 2.88. The Hall–Kier alpha value is -3.85. The van der Waals surface area contributed by atoms with Gasteiger partial charge in [0.15, 0.2) is 11.5 Å². The number of amides is 2. The highest BCUT2D eigenvalue weighted by molar-refractivity contribution is 9.10. The van der Waals surface area contributed by atoms with E-state index in [1.807, 2.05) is 24.3 Å². The first-order chi connectivity index (χ1) is 16.9. The minimum absolute atomic E-state index is 0.372. The summed E-state index contributed by atoms with van der Waals surface area (Å²) in [6.45, 7) is 1.97. The molecule has 0 spiro atoms. The highest BCUT2D eigenvalue weighted by atomic mass is 79.9. The topological polar surface area (TPSA) is 98.2 Å². The van der Waals surface area contributed by atoms with Gasteiger partial charge in [-0.3, -0.25) is 9.59 Å². The molecule has 0 radical (unpaired) electrons. The van der Waals surface area contributed by atoms with Gasteiger partial charge in [-0.15, -0.1) is 0 Å². The van der Waals surface area contributed by atoms with Gasteiger partial charge >= 0.3 is 0 Å². The standard InChI is InChI=1S/C26H26BrN3O5/c1-17(29-26(32)20-7-11-22(33-2)12-8-20)25(31)30-28-15-19-6-13-23(24(14-19)34-3)35-16-18-4-9-21(27)10-5-18/h4-15,17H,16H2,1-3H3,(H,29,32)(H,30,31). The van der Waals surface area contributed by atoms with Crippen LogP contribution in [0.1, 0.15) is 28.4 Å². The molecule has 0 aliphatic rings. The number of nitrogens with one attached hydrogen (secondary N) is 2. The Bertz CT molecular complexity index is 1180. The molecule has 3 rings (SSSR count). The van der Waals surface area contributed by atoms with Crippen LogP contribution in [-0.2, 0) is 11.4 Å². The first-order valence-electron chi connectivity index (χ1n) is 10.7. The molecule has 35 heavy (non-hydrogen) atoms. The van der Waals surface area contributed by atoms with E-state index in [4.69, 9.17) is 14.2 Å². The minimum Gasteiger partial charge on any atom is -0.497 e. The van der Waals surface area contributed by atoms with Gasteiger partial charge in [-0.2, -0.15) is 5.10 Å². The summed E-state index contributed by atoms with van der Waals surface area (Å²) < 4.78 is 17.4. The molecule has 182 valence electrons. The molecule has 9 heteroatoms. The van der Waals surface area contributed by atoms with Crippen LogP contribution in [0, 0.1) is 0 Å². The van der Waals surface area contributed by atoms with Crippen molar-refractivity contribution in [3.63, 3.8) is 0 Å². The van der Waals surface area contributed by atoms with E-state index >= 15 is 0 Å². The number of rotatable bonds is 10. The lowest BCUT2D eigenvalue weighted by Gasteiger charge is -2.13. The number of benzene rings is 3. The molecular formula is C26H26BrN3O5. The molecule has 0 aliphatic heterocycles. The number of carbonyl (C=O) groups is 2. The van der Waals surface area contributed by atoms with Gasteiger partial charge in [-0.25, -0.2) is 5.43 Å². The molecular weight excluding hydrogens is 514 g/mol. The van der Waals surface area contributed by atoms with Crippen LogP contribution in [0.15, 0.2) is 76.3 Å². The van der Waals surface area contributed by atoms with E-state index in [0.29, 0.717) is 35.0 Å². The average molecular weight is 540 g/mol. The van der Waals surface area contributed by atoms with Gasteiger partial charge in [0, 0.05) is 10.0 Å². The van der Waals surface area contributed by atoms with Crippen molar-refractivity contribution in [2.45, 2.75) is 19.6 Å². The van der Waals surface area contributed by atoms with Crippen LogP contribution in [0.2, 0.25) is 0 Å². The minimum atomic E-state index is -0.786. The maximum absolute atomic E-state index is 12.3. The molecule has 0 saturated carbocycles. The lowest BCUT2D eigenvalue weighted by atomic mass is 10.2. The SMILES string of the molecule is COc1ccc(C(=O)NC(C)C(=O)NN=Cc2ccc(OCc3ccc(Br)cc3)c(OC)c2)cc1. The lowest BCUT2D eigenvalue weighted by Crippen LogP contribution is -2.43. The van der Waals surface area contributed by atoms with E-state index in [1.165, 1.54) is 6.21 Å². The maximum atomic E-state index is 12.3. The summed E-state index contributed by atoms with van der Waals surface area (Å²) in [7, 11) is 3.10. The molecule has 3 aromatic carbocycles. The van der Waals surface area contributed by atoms with Crippen molar-refractivity contribution in [3.8, 4) is 17.2 Å². The second-order valence-corrected chi connectivity index (χ2v) is 8.40. The van der Waals surface area contributed by atoms with Crippen molar-refractivity contribution < 1.29 is 23.8 Å². The van der Waals surface area contributed by atoms with E-state index in [2.05, 4.69) is 31.8 Å². The largest absolute Gasteiger partial charge is 0.497 e. The highest BCUT2D eigenvalue weighted by Gasteiger charge is 2.16. The van der Waals surface area contributed by atoms with Gasteiger partial charge in [0.2, 0.25) is 0 Å². The number of nitrogens with zero attached hydrogens (tertiary/aromatic N) is 1. The summed E-state index contributed by atoms with van der Waals surface area (Å²) in [4.78, 5) is 24.6. The Labute approximate surface area is 212 Å². The molecule has 0 bridgehead atoms. The Morgan fingerprint density at radius 2 is 1.69 bits per heavy atom. The van der Waals surface area contributed by atoms with Crippen molar-refractivity contribution in [1.82, 2.24) is 10.7 Å². The third-order valence-corrected chi connectivity index (χ3v) is 5.51. The lowest BCUT2D eigenvalue weighted by molar-refractivity contribution is -0.122. The quantitative estimate of drug-likeness (QED) is 0.295. The van der Waals surface area contributed by atoms with Gasteiger partial charge < -0.3 is 19.5 Å². The predicted molar refractivity (Wildman–Crippen MR) is 137 cm³/mol. The fourth-order valence-electron chi connectivity index (χ4n) is 2.98. The Morgan fingerprint density at radius 3 is 2.34 bits per heavy atom. The van der Waals surface area contributed by atoms with Gasteiger partial charge in [-0.05, 0) is 72.6 Å². The van der Waals surface area contributed by atoms with E-state index in [-0.39, 0.29) is 5.91 Å². The van der Waals surface area contributed by atoms with Gasteiger partial charge in [-0.1, -0.05) is 28.1 Å². The number of methoxy groups -OCH3 is 2. The van der Waals surface area contributed by atoms with Crippen LogP contribution >= 0.6 is 15.9 Å². The summed E-state index contributed by atoms with van der Waals surface area (Å²) >= 11 is 3.41. The summed E-state index contributed by atoms with van der Waals surface area (Å²) in [5.41, 5.74) is 4.58. The van der Waals surface area contributed by atoms with Crippen LogP contribution in [0.3, 0.4) is 0 Å². The molecule has 8 nitrogen and oxygen atoms in total. The third-order valence-electron chi connectivity index (χ3n) is 4.98. The first-order valence-corrected chi connectivity index (χ1v) is 11.5. The Kier molecular flexibility index (Phi) is 9.25. The Balaban J connectivity index is 1.53. The van der Waals surface area contributed by atoms with E-state index in [0.717, 1.165) is 10.0 Å². The van der Waals surface area contributed by atoms with Crippen molar-refractivity contribution in [3.05, 3.63) is 87.9 Å². The second-order valence-electron chi connectivity index (χ2n) is 7.48. The molecule has 3 aromatic rings. The van der Waals surface area contributed by atoms with E-state index in [9.17, 15) is 9.59 Å². The van der Waals surface area contributed by atoms with Crippen molar-refractivity contribution in [2.75, 3.05) is 14.2 Å². The zero-order chi connectivity index (χ0) is 25.2. The molecule has 0 aromatic heterocycles. The molecule has 0 heterocycles. The van der Waals surface area contributed by atoms with E-state index in [1.54, 1.807) is 63.6 Å². The maximum Gasteiger partial charge on any atom is 0.262 e. The summed E-state index contributed by atoms with van der Waals surface area (Å²) in [6.07, 6.45) is 1.48. The molecule has 1 unspecified atom stereocenters. The van der Waals surface area contributed by atoms with Gasteiger partial charge in [0.1, 0.15) is 18.4 Å². The number of hydrazone groups is 1. The van der Waals surface area contributed by atoms with Crippen molar-refractivity contribution in [1.29, 1.82) is 0 Å². The first kappa shape index (κ1) is 25.8. The molecule has 0 fully saturated rings. The summed E-state index contributed by atoms with van der Waals surface area (Å²) in [5.74, 6) is 0.943. The molecule has 2 amide bonds. The zero-order valence-electron chi connectivity index (χ0n) is 19.6. The van der Waals surface area contributed by atoms with Gasteiger partial charge in [0.25, 0.3) is 11.8 Å². The smallest absolute Gasteiger partial charge is 0.262 e. The molecule has 1 atom stereocenters. The van der Waals surface area contributed by atoms with Gasteiger partial charge in [0.05, 0.1) is 20.4 Å². The predicted octanol–water partition coefficient (Wildman–Crippen LogP) is 4.31. The van der Waals surface area contributed by atoms with Crippen LogP contribution in [0.4, 0.5) is 0 Å². The van der Waals surface area contributed by atoms with Crippen LogP contribution in [0.5, 0.6) is 17.2 Å². The van der Waals surface area contributed by atoms with Crippen LogP contribution < -0.4 is 25.0 Å². The monoisotopic (exact) mass is 539 g/mol. The zero-order valence-corrected chi connectivity index (χ0v) is 21.2. The molecule has 0 saturated heterocycles. The second kappa shape index (κ2) is 12.6. The number of hydrogen-bond donors (Lipinski definition) is 2. The number of hydrogen-bond acceptors (Lipinski definition) is 6. The summed E-state index contributed by atoms with van der Waals surface area (Å²) in [6, 6.07) is 19.0. The number of ether oxygens (including phenoxy) is 3. The summed E-state index contributed by atoms with van der Waals surface area (Å²) in [5, 5.41) is 6.61. The highest BCUT2D eigenvalue weighted by Crippen LogP contribution is 2.28. The fraction of sp³-hybridized carbons (Fsp3) is 0.192. The fourth-order valence-corrected chi connectivity index (χ4v) is 3.24. The van der Waals surface area contributed by atoms with Crippen molar-refractivity contribution in [2.24, 2.45) is 5.10 Å². The normalized spacial score (nSPS) is 11.5. The number of carbonyl (C=O) groups excluding carboxylic acids is 2.